The molecule has 0 bridgehead atoms. The fourth-order valence-electron chi connectivity index (χ4n) is 3.32. The van der Waals surface area contributed by atoms with E-state index in [0.29, 0.717) is 28.5 Å². The van der Waals surface area contributed by atoms with Gasteiger partial charge in [0.15, 0.2) is 0 Å². The molecule has 0 saturated carbocycles. The second kappa shape index (κ2) is 12.8. The summed E-state index contributed by atoms with van der Waals surface area (Å²) in [5, 5.41) is 37.8. The fraction of sp³-hybridized carbons (Fsp3) is 0.348. The number of aliphatic carboxylic acids is 1. The van der Waals surface area contributed by atoms with Crippen molar-refractivity contribution in [3.63, 3.8) is 0 Å². The Morgan fingerprint density at radius 2 is 1.91 bits per heavy atom. The van der Waals surface area contributed by atoms with E-state index in [1.165, 1.54) is 29.2 Å². The monoisotopic (exact) mass is 492 g/mol. The molecule has 180 valence electrons. The van der Waals surface area contributed by atoms with E-state index in [0.717, 1.165) is 0 Å². The minimum Gasteiger partial charge on any atom is -0.550 e. The Kier molecular flexibility index (Phi) is 10.5. The molecule has 3 N–H and O–H groups in total. The molecular weight excluding hydrogens is 466 g/mol. The molecule has 0 aliphatic carbocycles. The summed E-state index contributed by atoms with van der Waals surface area (Å²) in [4.78, 5) is 24.0. The van der Waals surface area contributed by atoms with Crippen LogP contribution >= 0.6 is 0 Å². The molecule has 12 heteroatoms. The van der Waals surface area contributed by atoms with Gasteiger partial charge in [0.2, 0.25) is 11.9 Å². The predicted octanol–water partition coefficient (Wildman–Crippen LogP) is -1.45. The second-order valence-corrected chi connectivity index (χ2v) is 8.08. The number of anilines is 2. The third kappa shape index (κ3) is 7.91. The van der Waals surface area contributed by atoms with Crippen molar-refractivity contribution >= 4 is 23.9 Å². The van der Waals surface area contributed by atoms with Gasteiger partial charge >= 0.3 is 29.6 Å². The van der Waals surface area contributed by atoms with Crippen molar-refractivity contribution in [1.29, 1.82) is 0 Å². The van der Waals surface area contributed by atoms with Crippen LogP contribution in [-0.2, 0) is 11.8 Å². The number of aromatic nitrogens is 5. The maximum absolute atomic E-state index is 13.6. The molecule has 0 amide bonds. The number of aryl methyl sites for hydroxylation is 1. The standard InChI is InChI=1S/C23H27FN6O4.Na/c1-13(2)20-18(9-8-16(31)10-17(32)11-19(33)34)21(14-4-6-15(24)7-5-14)28-22(27-20)29-23-25-12-26-30(23)3;/h4-9,12-13,16-17,31-32H,10-11H2,1-3H3,(H,33,34)(H,25,26,27,28,29);/q;+1/p-1/b9-8+;/t16-,17-;/m1./s1. The number of rotatable bonds is 10. The van der Waals surface area contributed by atoms with Gasteiger partial charge in [0.25, 0.3) is 0 Å². The number of aliphatic hydroxyl groups is 2. The minimum atomic E-state index is -1.40. The molecule has 3 rings (SSSR count). The zero-order valence-corrected chi connectivity index (χ0v) is 22.0. The van der Waals surface area contributed by atoms with E-state index in [4.69, 9.17) is 0 Å². The predicted molar refractivity (Wildman–Crippen MR) is 121 cm³/mol. The number of carbonyl (C=O) groups excluding carboxylic acids is 1. The summed E-state index contributed by atoms with van der Waals surface area (Å²) >= 11 is 0. The first-order valence-electron chi connectivity index (χ1n) is 10.7. The number of carboxylic acid groups (broad SMARTS) is 1. The maximum atomic E-state index is 13.6. The average Bonchev–Trinajstić information content (AvgIpc) is 3.16. The van der Waals surface area contributed by atoms with Crippen LogP contribution in [0.15, 0.2) is 36.7 Å². The topological polar surface area (TPSA) is 149 Å². The Balaban J connectivity index is 0.00000432. The average molecular weight is 492 g/mol. The van der Waals surface area contributed by atoms with Gasteiger partial charge in [0.1, 0.15) is 12.1 Å². The van der Waals surface area contributed by atoms with E-state index < -0.39 is 30.4 Å². The van der Waals surface area contributed by atoms with Crippen molar-refractivity contribution in [3.8, 4) is 11.3 Å². The van der Waals surface area contributed by atoms with E-state index in [1.807, 2.05) is 13.8 Å². The summed E-state index contributed by atoms with van der Waals surface area (Å²) in [5.41, 5.74) is 2.36. The first kappa shape index (κ1) is 28.5. The van der Waals surface area contributed by atoms with Crippen molar-refractivity contribution in [2.24, 2.45) is 7.05 Å². The van der Waals surface area contributed by atoms with Gasteiger partial charge in [0, 0.05) is 37.0 Å². The summed E-state index contributed by atoms with van der Waals surface area (Å²) in [6.45, 7) is 3.89. The Bertz CT molecular complexity index is 1170. The SMILES string of the molecule is CC(C)c1nc(Nc2ncnn2C)nc(-c2ccc(F)cc2)c1/C=C/[C@@H](O)C[C@@H](O)CC(=O)[O-].[Na+]. The number of hydrogen-bond donors (Lipinski definition) is 3. The molecule has 0 aliphatic rings. The second-order valence-electron chi connectivity index (χ2n) is 8.08. The Labute approximate surface area is 224 Å². The van der Waals surface area contributed by atoms with Crippen LogP contribution in [0.4, 0.5) is 16.3 Å². The largest absolute Gasteiger partial charge is 1.00 e. The van der Waals surface area contributed by atoms with Gasteiger partial charge in [-0.1, -0.05) is 26.0 Å². The van der Waals surface area contributed by atoms with Crippen LogP contribution in [0.2, 0.25) is 0 Å². The van der Waals surface area contributed by atoms with Crippen LogP contribution in [0.5, 0.6) is 0 Å². The normalized spacial score (nSPS) is 13.0. The third-order valence-corrected chi connectivity index (χ3v) is 4.98. The molecule has 3 aromatic rings. The number of aliphatic hydroxyl groups excluding tert-OH is 2. The van der Waals surface area contributed by atoms with Gasteiger partial charge in [-0.2, -0.15) is 10.1 Å². The molecule has 0 fully saturated rings. The van der Waals surface area contributed by atoms with Crippen LogP contribution in [0, 0.1) is 5.82 Å². The van der Waals surface area contributed by atoms with Gasteiger partial charge in [0.05, 0.1) is 23.6 Å². The van der Waals surface area contributed by atoms with Crippen LogP contribution in [0.25, 0.3) is 17.3 Å². The minimum absolute atomic E-state index is 0. The first-order valence-corrected chi connectivity index (χ1v) is 10.7. The Hall–Kier alpha value is -2.70. The van der Waals surface area contributed by atoms with E-state index in [-0.39, 0.29) is 47.8 Å². The first-order chi connectivity index (χ1) is 16.1. The fourth-order valence-corrected chi connectivity index (χ4v) is 3.32. The Morgan fingerprint density at radius 3 is 2.49 bits per heavy atom. The number of carbonyl (C=O) groups is 1. The Morgan fingerprint density at radius 1 is 1.23 bits per heavy atom. The molecular formula is C23H26FN6NaO4. The molecule has 0 spiro atoms. The number of nitrogens with zero attached hydrogens (tertiary/aromatic N) is 5. The molecule has 0 radical (unpaired) electrons. The molecule has 2 heterocycles. The summed E-state index contributed by atoms with van der Waals surface area (Å²) in [7, 11) is 1.72. The zero-order chi connectivity index (χ0) is 24.8. The molecule has 0 unspecified atom stereocenters. The molecule has 1 aromatic carbocycles. The summed E-state index contributed by atoms with van der Waals surface area (Å²) in [5.74, 6) is -1.15. The number of benzene rings is 1. The maximum Gasteiger partial charge on any atom is 1.00 e. The van der Waals surface area contributed by atoms with Crippen LogP contribution in [-0.4, -0.2) is 53.1 Å². The molecule has 0 saturated heterocycles. The van der Waals surface area contributed by atoms with Crippen molar-refractivity contribution < 1.29 is 54.1 Å². The van der Waals surface area contributed by atoms with Crippen molar-refractivity contribution in [3.05, 3.63) is 53.7 Å². The molecule has 2 atom stereocenters. The van der Waals surface area contributed by atoms with E-state index in [2.05, 4.69) is 25.4 Å². The van der Waals surface area contributed by atoms with Crippen LogP contribution in [0.1, 0.15) is 43.9 Å². The quantitative estimate of drug-likeness (QED) is 0.289. The summed E-state index contributed by atoms with van der Waals surface area (Å²) in [6, 6.07) is 5.82. The summed E-state index contributed by atoms with van der Waals surface area (Å²) in [6.07, 6.45) is 1.32. The number of halogens is 1. The van der Waals surface area contributed by atoms with Gasteiger partial charge in [-0.25, -0.2) is 19.0 Å². The smallest absolute Gasteiger partial charge is 0.550 e. The number of carboxylic acids is 1. The van der Waals surface area contributed by atoms with E-state index >= 15 is 0 Å². The molecule has 0 aliphatic heterocycles. The van der Waals surface area contributed by atoms with Gasteiger partial charge in [-0.3, -0.25) is 5.32 Å². The van der Waals surface area contributed by atoms with Crippen LogP contribution < -0.4 is 40.0 Å². The van der Waals surface area contributed by atoms with E-state index in [9.17, 15) is 24.5 Å². The van der Waals surface area contributed by atoms with Gasteiger partial charge < -0.3 is 20.1 Å². The van der Waals surface area contributed by atoms with Crippen LogP contribution in [0.3, 0.4) is 0 Å². The zero-order valence-electron chi connectivity index (χ0n) is 20.0. The molecule has 10 nitrogen and oxygen atoms in total. The van der Waals surface area contributed by atoms with E-state index in [1.54, 1.807) is 25.3 Å². The van der Waals surface area contributed by atoms with Gasteiger partial charge in [-0.15, -0.1) is 0 Å². The van der Waals surface area contributed by atoms with Gasteiger partial charge in [-0.05, 0) is 30.2 Å². The van der Waals surface area contributed by atoms with Crippen molar-refractivity contribution in [2.75, 3.05) is 5.32 Å². The number of hydrogen-bond acceptors (Lipinski definition) is 9. The molecule has 35 heavy (non-hydrogen) atoms. The van der Waals surface area contributed by atoms with Crippen molar-refractivity contribution in [1.82, 2.24) is 24.7 Å². The van der Waals surface area contributed by atoms with Crippen molar-refractivity contribution in [2.45, 2.75) is 44.8 Å². The molecule has 2 aromatic heterocycles. The third-order valence-electron chi connectivity index (χ3n) is 4.98. The number of nitrogens with one attached hydrogen (secondary N) is 1. The summed E-state index contributed by atoms with van der Waals surface area (Å²) < 4.78 is 15.1.